The molecule has 1 heterocycles. The average Bonchev–Trinajstić information content (AvgIpc) is 3.13. The van der Waals surface area contributed by atoms with Crippen molar-refractivity contribution in [3.63, 3.8) is 0 Å². The van der Waals surface area contributed by atoms with Crippen molar-refractivity contribution in [1.82, 2.24) is 0 Å². The van der Waals surface area contributed by atoms with Gasteiger partial charge in [0.2, 0.25) is 5.69 Å². The van der Waals surface area contributed by atoms with Gasteiger partial charge in [-0.1, -0.05) is 61.2 Å². The van der Waals surface area contributed by atoms with E-state index in [9.17, 15) is 0 Å². The quantitative estimate of drug-likeness (QED) is 0.246. The predicted molar refractivity (Wildman–Crippen MR) is 150 cm³/mol. The highest BCUT2D eigenvalue weighted by atomic mass is 35.5. The number of aromatic nitrogens is 1. The number of thiazole rings is 1. The Hall–Kier alpha value is -2.73. The largest absolute Gasteiger partial charge is 1.00 e. The molecule has 3 aromatic carbocycles. The van der Waals surface area contributed by atoms with Crippen LogP contribution in [0.2, 0.25) is 0 Å². The Labute approximate surface area is 229 Å². The summed E-state index contributed by atoms with van der Waals surface area (Å²) in [4.78, 5) is 1.21. The maximum Gasteiger partial charge on any atom is 0.310 e. The lowest BCUT2D eigenvalue weighted by molar-refractivity contribution is -0.617. The molecule has 0 fully saturated rings. The van der Waals surface area contributed by atoms with Crippen LogP contribution in [0.25, 0.3) is 16.9 Å². The first-order chi connectivity index (χ1) is 16.8. The average molecular weight is 537 g/mol. The van der Waals surface area contributed by atoms with Crippen LogP contribution < -0.4 is 27.0 Å². The zero-order valence-corrected chi connectivity index (χ0v) is 23.9. The summed E-state index contributed by atoms with van der Waals surface area (Å²) in [7, 11) is 0. The van der Waals surface area contributed by atoms with Gasteiger partial charge in [0.25, 0.3) is 5.69 Å². The van der Waals surface area contributed by atoms with E-state index < -0.39 is 0 Å². The van der Waals surface area contributed by atoms with Gasteiger partial charge in [-0.3, -0.25) is 0 Å². The highest BCUT2D eigenvalue weighted by molar-refractivity contribution is 8.01. The van der Waals surface area contributed by atoms with Crippen LogP contribution in [-0.4, -0.2) is 12.1 Å². The Bertz CT molecular complexity index is 1310. The molecule has 0 bridgehead atoms. The second-order valence-electron chi connectivity index (χ2n) is 9.51. The number of rotatable bonds is 8. The standard InChI is InChI=1S/C30H33N2OS2.ClH/c1-7-20-33-25-19-12-11-18-24(25)27-28(31-30(4,5)6)35-29(34-23-16-9-8-10-17-23)32(27)26-21(2)14-13-15-22(26)3;/h7-19,31H,1,20H2,2-6H3;1H/q+1;/p-1. The number of hydrogen-bond donors (Lipinski definition) is 1. The van der Waals surface area contributed by atoms with Gasteiger partial charge in [0.15, 0.2) is 5.00 Å². The minimum atomic E-state index is -0.107. The molecule has 0 aliphatic carbocycles. The normalized spacial score (nSPS) is 11.0. The molecule has 36 heavy (non-hydrogen) atoms. The third kappa shape index (κ3) is 6.33. The van der Waals surface area contributed by atoms with E-state index in [0.29, 0.717) is 6.61 Å². The van der Waals surface area contributed by atoms with Gasteiger partial charge in [0.05, 0.1) is 5.56 Å². The number of aryl methyl sites for hydroxylation is 2. The molecule has 188 valence electrons. The van der Waals surface area contributed by atoms with Crippen LogP contribution in [0.3, 0.4) is 0 Å². The highest BCUT2D eigenvalue weighted by Crippen LogP contribution is 2.44. The van der Waals surface area contributed by atoms with E-state index in [0.717, 1.165) is 22.0 Å². The maximum atomic E-state index is 6.14. The van der Waals surface area contributed by atoms with Crippen molar-refractivity contribution in [3.05, 3.63) is 96.6 Å². The SMILES string of the molecule is C=CCOc1ccccc1-c1c(NC(C)(C)C)sc(Sc2ccccc2)[n+]1-c1c(C)cccc1C.[Cl-]. The molecule has 0 radical (unpaired) electrons. The zero-order valence-electron chi connectivity index (χ0n) is 21.5. The van der Waals surface area contributed by atoms with Crippen LogP contribution in [0, 0.1) is 13.8 Å². The number of para-hydroxylation sites is 2. The van der Waals surface area contributed by atoms with Crippen LogP contribution in [-0.2, 0) is 0 Å². The van der Waals surface area contributed by atoms with E-state index in [1.165, 1.54) is 26.0 Å². The predicted octanol–water partition coefficient (Wildman–Crippen LogP) is 5.24. The van der Waals surface area contributed by atoms with Crippen molar-refractivity contribution in [2.75, 3.05) is 11.9 Å². The summed E-state index contributed by atoms with van der Waals surface area (Å²) >= 11 is 3.58. The molecule has 0 spiro atoms. The molecule has 0 saturated carbocycles. The summed E-state index contributed by atoms with van der Waals surface area (Å²) in [5.74, 6) is 0.846. The van der Waals surface area contributed by atoms with Gasteiger partial charge in [-0.05, 0) is 82.0 Å². The maximum absolute atomic E-state index is 6.14. The fourth-order valence-corrected chi connectivity index (χ4v) is 6.57. The lowest BCUT2D eigenvalue weighted by Crippen LogP contribution is -3.00. The molecule has 4 rings (SSSR count). The Morgan fingerprint density at radius 2 is 1.58 bits per heavy atom. The van der Waals surface area contributed by atoms with Crippen LogP contribution in [0.15, 0.2) is 94.7 Å². The third-order valence-corrected chi connectivity index (χ3v) is 7.63. The molecular weight excluding hydrogens is 504 g/mol. The van der Waals surface area contributed by atoms with E-state index >= 15 is 0 Å². The van der Waals surface area contributed by atoms with Crippen molar-refractivity contribution in [2.24, 2.45) is 0 Å². The molecule has 3 nitrogen and oxygen atoms in total. The van der Waals surface area contributed by atoms with Crippen LogP contribution in [0.4, 0.5) is 5.00 Å². The second-order valence-corrected chi connectivity index (χ2v) is 11.8. The lowest BCUT2D eigenvalue weighted by Gasteiger charge is -2.20. The van der Waals surface area contributed by atoms with Gasteiger partial charge in [-0.2, -0.15) is 0 Å². The van der Waals surface area contributed by atoms with E-state index in [4.69, 9.17) is 4.74 Å². The number of nitrogens with zero attached hydrogens (tertiary/aromatic N) is 1. The smallest absolute Gasteiger partial charge is 0.310 e. The second kappa shape index (κ2) is 12.0. The first kappa shape index (κ1) is 27.9. The first-order valence-electron chi connectivity index (χ1n) is 11.8. The molecule has 1 N–H and O–H groups in total. The van der Waals surface area contributed by atoms with Crippen molar-refractivity contribution in [3.8, 4) is 22.7 Å². The fraction of sp³-hybridized carbons (Fsp3) is 0.233. The summed E-state index contributed by atoms with van der Waals surface area (Å²) in [6.07, 6.45) is 1.79. The van der Waals surface area contributed by atoms with Gasteiger partial charge in [-0.15, -0.1) is 4.57 Å². The summed E-state index contributed by atoms with van der Waals surface area (Å²) in [6.45, 7) is 15.3. The number of benzene rings is 3. The molecular formula is C30H33ClN2OS2. The summed E-state index contributed by atoms with van der Waals surface area (Å²) < 4.78 is 9.75. The molecule has 0 unspecified atom stereocenters. The Balaban J connectivity index is 0.00000361. The van der Waals surface area contributed by atoms with Gasteiger partial charge in [-0.25, -0.2) is 0 Å². The van der Waals surface area contributed by atoms with Gasteiger partial charge in [0.1, 0.15) is 12.4 Å². The molecule has 6 heteroatoms. The van der Waals surface area contributed by atoms with Crippen LogP contribution in [0.5, 0.6) is 5.75 Å². The van der Waals surface area contributed by atoms with Crippen molar-refractivity contribution in [2.45, 2.75) is 49.4 Å². The van der Waals surface area contributed by atoms with Crippen LogP contribution in [0.1, 0.15) is 31.9 Å². The van der Waals surface area contributed by atoms with E-state index in [1.54, 1.807) is 29.2 Å². The van der Waals surface area contributed by atoms with Crippen molar-refractivity contribution in [1.29, 1.82) is 0 Å². The van der Waals surface area contributed by atoms with Crippen molar-refractivity contribution < 1.29 is 21.7 Å². The molecule has 0 amide bonds. The molecule has 1 aromatic heterocycles. The fourth-order valence-electron chi connectivity index (χ4n) is 4.00. The van der Waals surface area contributed by atoms with Gasteiger partial charge in [0, 0.05) is 21.6 Å². The summed E-state index contributed by atoms with van der Waals surface area (Å²) in [5, 5.41) is 4.91. The minimum Gasteiger partial charge on any atom is -1.00 e. The molecule has 0 saturated heterocycles. The summed E-state index contributed by atoms with van der Waals surface area (Å²) in [5.41, 5.74) is 5.73. The molecule has 0 aliphatic heterocycles. The van der Waals surface area contributed by atoms with Gasteiger partial charge < -0.3 is 22.5 Å². The third-order valence-electron chi connectivity index (χ3n) is 5.41. The van der Waals surface area contributed by atoms with Crippen LogP contribution >= 0.6 is 23.1 Å². The van der Waals surface area contributed by atoms with Gasteiger partial charge >= 0.3 is 4.34 Å². The minimum absolute atomic E-state index is 0. The molecule has 4 aromatic rings. The van der Waals surface area contributed by atoms with E-state index in [2.05, 4.69) is 112 Å². The first-order valence-corrected chi connectivity index (χ1v) is 13.4. The number of halogens is 1. The number of anilines is 1. The van der Waals surface area contributed by atoms with Crippen molar-refractivity contribution >= 4 is 28.1 Å². The number of ether oxygens (including phenoxy) is 1. The molecule has 0 aliphatic rings. The van der Waals surface area contributed by atoms with E-state index in [1.807, 2.05) is 12.1 Å². The molecule has 0 atom stereocenters. The Morgan fingerprint density at radius 3 is 2.22 bits per heavy atom. The Kier molecular flexibility index (Phi) is 9.29. The number of hydrogen-bond acceptors (Lipinski definition) is 4. The highest BCUT2D eigenvalue weighted by Gasteiger charge is 2.35. The van der Waals surface area contributed by atoms with E-state index in [-0.39, 0.29) is 17.9 Å². The zero-order chi connectivity index (χ0) is 25.0. The lowest BCUT2D eigenvalue weighted by atomic mass is 10.1. The Morgan fingerprint density at radius 1 is 0.944 bits per heavy atom. The monoisotopic (exact) mass is 536 g/mol. The number of nitrogens with one attached hydrogen (secondary N) is 1. The topological polar surface area (TPSA) is 25.1 Å². The summed E-state index contributed by atoms with van der Waals surface area (Å²) in [6, 6.07) is 25.3.